The molecular formula is C19H12Cl4O5S. The minimum atomic E-state index is -5.16. The maximum absolute atomic E-state index is 13.0. The van der Waals surface area contributed by atoms with E-state index < -0.39 is 26.2 Å². The quantitative estimate of drug-likeness (QED) is 0.311. The molecule has 152 valence electrons. The lowest BCUT2D eigenvalue weighted by Crippen LogP contribution is -2.39. The zero-order valence-corrected chi connectivity index (χ0v) is 18.1. The third-order valence-electron chi connectivity index (χ3n) is 4.36. The average molecular weight is 494 g/mol. The molecule has 0 bridgehead atoms. The number of hydrogen-bond acceptors (Lipinski definition) is 4. The number of rotatable bonds is 4. The van der Waals surface area contributed by atoms with Gasteiger partial charge in [-0.05, 0) is 42.0 Å². The van der Waals surface area contributed by atoms with Crippen molar-refractivity contribution < 1.29 is 23.2 Å². The largest absolute Gasteiger partial charge is 0.508 e. The summed E-state index contributed by atoms with van der Waals surface area (Å²) in [5, 5.41) is 20.2. The molecule has 5 nitrogen and oxygen atoms in total. The lowest BCUT2D eigenvalue weighted by Gasteiger charge is -2.34. The van der Waals surface area contributed by atoms with Gasteiger partial charge in [-0.1, -0.05) is 64.6 Å². The maximum Gasteiger partial charge on any atom is 0.283 e. The highest BCUT2D eigenvalue weighted by molar-refractivity contribution is 7.87. The van der Waals surface area contributed by atoms with E-state index in [-0.39, 0.29) is 37.0 Å². The monoisotopic (exact) mass is 492 g/mol. The highest BCUT2D eigenvalue weighted by atomic mass is 35.5. The van der Waals surface area contributed by atoms with Crippen molar-refractivity contribution in [1.82, 2.24) is 0 Å². The fraction of sp³-hybridized carbons (Fsp3) is 0.0526. The summed E-state index contributed by atoms with van der Waals surface area (Å²) in [6.07, 6.45) is 0. The van der Waals surface area contributed by atoms with Gasteiger partial charge in [-0.2, -0.15) is 8.42 Å². The van der Waals surface area contributed by atoms with Gasteiger partial charge in [0.15, 0.2) is 4.75 Å². The molecule has 1 unspecified atom stereocenters. The first kappa shape index (κ1) is 22.0. The lowest BCUT2D eigenvalue weighted by atomic mass is 9.83. The van der Waals surface area contributed by atoms with Gasteiger partial charge < -0.3 is 10.2 Å². The van der Waals surface area contributed by atoms with Crippen LogP contribution in [0.25, 0.3) is 0 Å². The Morgan fingerprint density at radius 1 is 0.793 bits per heavy atom. The van der Waals surface area contributed by atoms with Crippen molar-refractivity contribution in [3.63, 3.8) is 0 Å². The number of halogens is 4. The van der Waals surface area contributed by atoms with E-state index in [1.54, 1.807) is 6.07 Å². The SMILES string of the molecule is O=S(=O)(O)C(c1cc(O)cc(Cl)c1)(c1ccccc1Cl)c1c(Cl)ccc(Cl)c1O. The van der Waals surface area contributed by atoms with E-state index in [9.17, 15) is 23.2 Å². The molecule has 3 aromatic carbocycles. The highest BCUT2D eigenvalue weighted by Crippen LogP contribution is 2.53. The second kappa shape index (κ2) is 7.87. The molecular weight excluding hydrogens is 482 g/mol. The number of hydrogen-bond donors (Lipinski definition) is 3. The molecule has 29 heavy (non-hydrogen) atoms. The number of benzene rings is 3. The van der Waals surface area contributed by atoms with E-state index in [0.29, 0.717) is 0 Å². The molecule has 0 aliphatic heterocycles. The van der Waals surface area contributed by atoms with Crippen LogP contribution in [-0.4, -0.2) is 23.2 Å². The summed E-state index contributed by atoms with van der Waals surface area (Å²) in [5.41, 5.74) is -0.785. The second-order valence-corrected chi connectivity index (χ2v) is 9.31. The van der Waals surface area contributed by atoms with Gasteiger partial charge in [-0.15, -0.1) is 0 Å². The molecule has 1 atom stereocenters. The number of aromatic hydroxyl groups is 2. The Kier molecular flexibility index (Phi) is 5.98. The molecule has 0 fully saturated rings. The van der Waals surface area contributed by atoms with Crippen molar-refractivity contribution in [1.29, 1.82) is 0 Å². The van der Waals surface area contributed by atoms with Gasteiger partial charge in [-0.25, -0.2) is 0 Å². The van der Waals surface area contributed by atoms with Gasteiger partial charge in [0.25, 0.3) is 10.1 Å². The predicted octanol–water partition coefficient (Wildman–Crippen LogP) is 5.89. The van der Waals surface area contributed by atoms with E-state index in [4.69, 9.17) is 46.4 Å². The Morgan fingerprint density at radius 2 is 1.41 bits per heavy atom. The molecule has 3 rings (SSSR count). The van der Waals surface area contributed by atoms with E-state index in [0.717, 1.165) is 6.07 Å². The molecule has 0 heterocycles. The zero-order chi connectivity index (χ0) is 21.6. The van der Waals surface area contributed by atoms with Crippen molar-refractivity contribution >= 4 is 56.5 Å². The van der Waals surface area contributed by atoms with Gasteiger partial charge >= 0.3 is 0 Å². The van der Waals surface area contributed by atoms with Crippen LogP contribution >= 0.6 is 46.4 Å². The van der Waals surface area contributed by atoms with Gasteiger partial charge in [0.2, 0.25) is 0 Å². The topological polar surface area (TPSA) is 94.8 Å². The van der Waals surface area contributed by atoms with Crippen molar-refractivity contribution in [2.45, 2.75) is 4.75 Å². The molecule has 0 saturated carbocycles. The predicted molar refractivity (Wildman–Crippen MR) is 114 cm³/mol. The summed E-state index contributed by atoms with van der Waals surface area (Å²) < 4.78 is 34.0. The van der Waals surface area contributed by atoms with E-state index in [1.807, 2.05) is 0 Å². The van der Waals surface area contributed by atoms with Crippen LogP contribution in [0.2, 0.25) is 20.1 Å². The zero-order valence-electron chi connectivity index (χ0n) is 14.3. The first-order chi connectivity index (χ1) is 13.5. The molecule has 0 aromatic heterocycles. The molecule has 10 heteroatoms. The van der Waals surface area contributed by atoms with E-state index >= 15 is 0 Å². The third kappa shape index (κ3) is 3.65. The van der Waals surface area contributed by atoms with Crippen molar-refractivity contribution in [3.8, 4) is 11.5 Å². The minimum absolute atomic E-state index is 0.0299. The number of phenols is 2. The first-order valence-corrected chi connectivity index (χ1v) is 10.8. The summed E-state index contributed by atoms with van der Waals surface area (Å²) in [7, 11) is -5.16. The van der Waals surface area contributed by atoms with Crippen LogP contribution in [0.1, 0.15) is 16.7 Å². The van der Waals surface area contributed by atoms with Crippen LogP contribution in [0, 0.1) is 0 Å². The molecule has 0 amide bonds. The average Bonchev–Trinajstić information content (AvgIpc) is 2.61. The molecule has 0 aliphatic carbocycles. The van der Waals surface area contributed by atoms with Crippen molar-refractivity contribution in [2.75, 3.05) is 0 Å². The third-order valence-corrected chi connectivity index (χ3v) is 6.96. The van der Waals surface area contributed by atoms with Gasteiger partial charge in [0.1, 0.15) is 11.5 Å². The molecule has 3 aromatic rings. The summed E-state index contributed by atoms with van der Waals surface area (Å²) in [4.78, 5) is 0. The lowest BCUT2D eigenvalue weighted by molar-refractivity contribution is 0.439. The minimum Gasteiger partial charge on any atom is -0.508 e. The van der Waals surface area contributed by atoms with Gasteiger partial charge in [0, 0.05) is 26.2 Å². The summed E-state index contributed by atoms with van der Waals surface area (Å²) in [5.74, 6) is -1.07. The molecule has 0 aliphatic rings. The molecule has 0 saturated heterocycles. The molecule has 0 radical (unpaired) electrons. The second-order valence-electron chi connectivity index (χ2n) is 6.09. The smallest absolute Gasteiger partial charge is 0.283 e. The molecule has 0 spiro atoms. The van der Waals surface area contributed by atoms with Crippen LogP contribution in [0.5, 0.6) is 11.5 Å². The Balaban J connectivity index is 2.68. The Morgan fingerprint density at radius 3 is 2.00 bits per heavy atom. The fourth-order valence-corrected chi connectivity index (χ4v) is 5.66. The van der Waals surface area contributed by atoms with Crippen molar-refractivity contribution in [2.24, 2.45) is 0 Å². The van der Waals surface area contributed by atoms with Crippen LogP contribution in [0.15, 0.2) is 54.6 Å². The van der Waals surface area contributed by atoms with Crippen molar-refractivity contribution in [3.05, 3.63) is 91.4 Å². The van der Waals surface area contributed by atoms with E-state index in [1.165, 1.54) is 42.5 Å². The summed E-state index contributed by atoms with van der Waals surface area (Å²) in [6.45, 7) is 0. The normalized spacial score (nSPS) is 13.8. The standard InChI is InChI=1S/C19H12Cl4O5S/c20-11-7-10(8-12(24)9-11)19(29(26,27)28,13-3-1-2-4-14(13)21)17-15(22)5-6-16(23)18(17)25/h1-9,24-25H,(H,26,27,28). The van der Waals surface area contributed by atoms with Gasteiger partial charge in [0.05, 0.1) is 5.02 Å². The maximum atomic E-state index is 13.0. The Hall–Kier alpha value is -1.67. The summed E-state index contributed by atoms with van der Waals surface area (Å²) >= 11 is 24.7. The summed E-state index contributed by atoms with van der Waals surface area (Å²) in [6, 6.07) is 11.7. The first-order valence-electron chi connectivity index (χ1n) is 7.89. The Labute approximate surface area is 186 Å². The van der Waals surface area contributed by atoms with Crippen LogP contribution in [-0.2, 0) is 14.9 Å². The van der Waals surface area contributed by atoms with Gasteiger partial charge in [-0.3, -0.25) is 4.55 Å². The number of phenolic OH excluding ortho intramolecular Hbond substituents is 2. The Bertz CT molecular complexity index is 1190. The molecule has 3 N–H and O–H groups in total. The van der Waals surface area contributed by atoms with Crippen LogP contribution in [0.4, 0.5) is 0 Å². The van der Waals surface area contributed by atoms with E-state index in [2.05, 4.69) is 0 Å². The highest BCUT2D eigenvalue weighted by Gasteiger charge is 2.53. The fourth-order valence-electron chi connectivity index (χ4n) is 3.25. The van der Waals surface area contributed by atoms with Crippen LogP contribution in [0.3, 0.4) is 0 Å². The van der Waals surface area contributed by atoms with Crippen LogP contribution < -0.4 is 0 Å².